The fraction of sp³-hybridized carbons (Fsp3) is 1.00. The molecule has 0 aromatic rings. The van der Waals surface area contributed by atoms with Gasteiger partial charge in [-0.2, -0.15) is 0 Å². The molecule has 0 aromatic carbocycles. The predicted octanol–water partition coefficient (Wildman–Crippen LogP) is -1.08. The van der Waals surface area contributed by atoms with Crippen LogP contribution in [0.5, 0.6) is 0 Å². The van der Waals surface area contributed by atoms with Crippen molar-refractivity contribution in [2.24, 2.45) is 0 Å². The second kappa shape index (κ2) is 4.70. The third-order valence-corrected chi connectivity index (χ3v) is 4.29. The Labute approximate surface area is 109 Å². The van der Waals surface area contributed by atoms with Gasteiger partial charge in [-0.15, -0.1) is 0 Å². The van der Waals surface area contributed by atoms with Gasteiger partial charge in [-0.1, -0.05) is 0 Å². The topological polar surface area (TPSA) is 70.4 Å². The molecule has 108 valence electrons. The number of hydrogen-bond acceptors (Lipinski definition) is 6. The summed E-state index contributed by atoms with van der Waals surface area (Å²) in [6.07, 6.45) is 1.45. The molecular weight excluding hydrogens is 234 g/mol. The van der Waals surface area contributed by atoms with Gasteiger partial charge in [0.05, 0.1) is 0 Å². The molecular formula is C12H27N3O3. The molecule has 6 nitrogen and oxygen atoms in total. The highest BCUT2D eigenvalue weighted by molar-refractivity contribution is 5.11. The normalized spacial score (nSPS) is 31.3. The van der Waals surface area contributed by atoms with Crippen LogP contribution in [0, 0.1) is 0 Å². The van der Waals surface area contributed by atoms with Crippen LogP contribution in [0.2, 0.25) is 0 Å². The molecule has 18 heavy (non-hydrogen) atoms. The van der Waals surface area contributed by atoms with Crippen molar-refractivity contribution in [2.75, 3.05) is 42.3 Å². The summed E-state index contributed by atoms with van der Waals surface area (Å²) in [7, 11) is 10.7. The maximum atomic E-state index is 11.1. The lowest BCUT2D eigenvalue weighted by Gasteiger charge is -2.63. The Bertz CT molecular complexity index is 286. The Morgan fingerprint density at radius 2 is 1.17 bits per heavy atom. The van der Waals surface area contributed by atoms with Gasteiger partial charge < -0.3 is 15.3 Å². The third kappa shape index (κ3) is 1.79. The quantitative estimate of drug-likeness (QED) is 0.562. The fourth-order valence-electron chi connectivity index (χ4n) is 3.44. The molecule has 1 aliphatic rings. The summed E-state index contributed by atoms with van der Waals surface area (Å²) in [5.74, 6) is -2.15. The van der Waals surface area contributed by atoms with E-state index in [0.29, 0.717) is 12.8 Å². The van der Waals surface area contributed by atoms with E-state index in [0.717, 1.165) is 0 Å². The zero-order chi connectivity index (χ0) is 14.4. The highest BCUT2D eigenvalue weighted by atomic mass is 16.5. The van der Waals surface area contributed by atoms with E-state index in [-0.39, 0.29) is 6.42 Å². The minimum absolute atomic E-state index is 0.158. The Balaban J connectivity index is 3.47. The van der Waals surface area contributed by atoms with Crippen molar-refractivity contribution < 1.29 is 15.3 Å². The van der Waals surface area contributed by atoms with Crippen molar-refractivity contribution in [3.8, 4) is 0 Å². The Hall–Kier alpha value is -0.240. The average molecular weight is 261 g/mol. The third-order valence-electron chi connectivity index (χ3n) is 4.29. The molecule has 1 saturated carbocycles. The molecule has 0 radical (unpaired) electrons. The first-order valence-electron chi connectivity index (χ1n) is 6.23. The molecule has 3 N–H and O–H groups in total. The van der Waals surface area contributed by atoms with Gasteiger partial charge in [-0.05, 0) is 55.1 Å². The maximum Gasteiger partial charge on any atom is 0.210 e. The van der Waals surface area contributed by atoms with Crippen molar-refractivity contribution in [1.29, 1.82) is 0 Å². The fourth-order valence-corrected chi connectivity index (χ4v) is 3.44. The molecule has 6 heteroatoms. The van der Waals surface area contributed by atoms with Crippen LogP contribution in [0.25, 0.3) is 0 Å². The van der Waals surface area contributed by atoms with Gasteiger partial charge in [0.1, 0.15) is 5.66 Å². The first-order chi connectivity index (χ1) is 8.04. The summed E-state index contributed by atoms with van der Waals surface area (Å²) in [5.41, 5.74) is -2.64. The second-order valence-electron chi connectivity index (χ2n) is 5.84. The van der Waals surface area contributed by atoms with Crippen LogP contribution < -0.4 is 0 Å². The van der Waals surface area contributed by atoms with Crippen LogP contribution in [0.1, 0.15) is 19.3 Å². The van der Waals surface area contributed by atoms with Gasteiger partial charge in [0.15, 0.2) is 0 Å². The van der Waals surface area contributed by atoms with E-state index in [1.807, 2.05) is 38.0 Å². The summed E-state index contributed by atoms with van der Waals surface area (Å²) in [5, 5.41) is 31.7. The van der Waals surface area contributed by atoms with Crippen molar-refractivity contribution in [1.82, 2.24) is 14.7 Å². The Morgan fingerprint density at radius 1 is 0.722 bits per heavy atom. The lowest BCUT2D eigenvalue weighted by atomic mass is 9.73. The molecule has 0 saturated heterocycles. The van der Waals surface area contributed by atoms with Crippen molar-refractivity contribution >= 4 is 0 Å². The van der Waals surface area contributed by atoms with Gasteiger partial charge >= 0.3 is 0 Å². The SMILES string of the molecule is CN(C)C1(N(C)C)CCCC(O)(O)C1(O)N(C)C. The number of nitrogens with zero attached hydrogens (tertiary/aromatic N) is 3. The van der Waals surface area contributed by atoms with Crippen LogP contribution >= 0.6 is 0 Å². The largest absolute Gasteiger partial charge is 0.368 e. The standard InChI is InChI=1S/C12H27N3O3/c1-13(2)10(14(3)4)8-7-9-11(16,17)12(10,18)15(5)6/h16-18H,7-9H2,1-6H3. The molecule has 1 unspecified atom stereocenters. The number of aliphatic hydroxyl groups is 3. The molecule has 1 aliphatic carbocycles. The van der Waals surface area contributed by atoms with Gasteiger partial charge in [0.25, 0.3) is 0 Å². The van der Waals surface area contributed by atoms with E-state index < -0.39 is 17.2 Å². The van der Waals surface area contributed by atoms with Gasteiger partial charge in [-0.3, -0.25) is 14.7 Å². The summed E-state index contributed by atoms with van der Waals surface area (Å²) in [4.78, 5) is 5.20. The minimum atomic E-state index is -2.15. The Morgan fingerprint density at radius 3 is 1.44 bits per heavy atom. The lowest BCUT2D eigenvalue weighted by Crippen LogP contribution is -2.83. The number of likely N-dealkylation sites (N-methyl/N-ethyl adjacent to an activating group) is 3. The molecule has 1 fully saturated rings. The summed E-state index contributed by atoms with van der Waals surface area (Å²) < 4.78 is 0. The van der Waals surface area contributed by atoms with E-state index >= 15 is 0 Å². The Kier molecular flexibility index (Phi) is 4.13. The zero-order valence-corrected chi connectivity index (χ0v) is 12.3. The highest BCUT2D eigenvalue weighted by Gasteiger charge is 2.67. The van der Waals surface area contributed by atoms with E-state index in [9.17, 15) is 15.3 Å². The van der Waals surface area contributed by atoms with Gasteiger partial charge in [0.2, 0.25) is 11.5 Å². The molecule has 0 aromatic heterocycles. The molecule has 0 aliphatic heterocycles. The zero-order valence-electron chi connectivity index (χ0n) is 12.3. The van der Waals surface area contributed by atoms with Crippen LogP contribution in [0.3, 0.4) is 0 Å². The van der Waals surface area contributed by atoms with Crippen molar-refractivity contribution in [3.63, 3.8) is 0 Å². The lowest BCUT2D eigenvalue weighted by molar-refractivity contribution is -0.392. The first-order valence-corrected chi connectivity index (χ1v) is 6.23. The molecule has 1 atom stereocenters. The number of hydrogen-bond donors (Lipinski definition) is 3. The highest BCUT2D eigenvalue weighted by Crippen LogP contribution is 2.47. The van der Waals surface area contributed by atoms with Crippen LogP contribution in [0.4, 0.5) is 0 Å². The van der Waals surface area contributed by atoms with E-state index in [4.69, 9.17) is 0 Å². The van der Waals surface area contributed by atoms with Crippen molar-refractivity contribution in [2.45, 2.75) is 36.4 Å². The first kappa shape index (κ1) is 15.8. The minimum Gasteiger partial charge on any atom is -0.368 e. The van der Waals surface area contributed by atoms with E-state index in [1.165, 1.54) is 4.90 Å². The summed E-state index contributed by atoms with van der Waals surface area (Å²) in [6, 6.07) is 0. The average Bonchev–Trinajstić information content (AvgIpc) is 2.20. The van der Waals surface area contributed by atoms with Crippen LogP contribution in [0.15, 0.2) is 0 Å². The van der Waals surface area contributed by atoms with Crippen molar-refractivity contribution in [3.05, 3.63) is 0 Å². The monoisotopic (exact) mass is 261 g/mol. The molecule has 0 amide bonds. The smallest absolute Gasteiger partial charge is 0.210 e. The van der Waals surface area contributed by atoms with Crippen LogP contribution in [-0.4, -0.2) is 89.5 Å². The molecule has 0 spiro atoms. The second-order valence-corrected chi connectivity index (χ2v) is 5.84. The van der Waals surface area contributed by atoms with E-state index in [1.54, 1.807) is 14.1 Å². The molecule has 1 rings (SSSR count). The predicted molar refractivity (Wildman–Crippen MR) is 69.8 cm³/mol. The summed E-state index contributed by atoms with van der Waals surface area (Å²) in [6.45, 7) is 0. The summed E-state index contributed by atoms with van der Waals surface area (Å²) >= 11 is 0. The maximum absolute atomic E-state index is 11.1. The van der Waals surface area contributed by atoms with Gasteiger partial charge in [0, 0.05) is 6.42 Å². The van der Waals surface area contributed by atoms with Crippen LogP contribution in [-0.2, 0) is 0 Å². The van der Waals surface area contributed by atoms with E-state index in [2.05, 4.69) is 0 Å². The van der Waals surface area contributed by atoms with Gasteiger partial charge in [-0.25, -0.2) is 0 Å². The molecule has 0 heterocycles. The molecule has 0 bridgehead atoms. The number of rotatable bonds is 3.